The number of benzene rings is 1. The largest absolute Gasteiger partial charge is 0.466 e. The van der Waals surface area contributed by atoms with Crippen LogP contribution in [0.4, 0.5) is 0 Å². The van der Waals surface area contributed by atoms with Gasteiger partial charge in [-0.05, 0) is 32.4 Å². The molecule has 1 atom stereocenters. The quantitative estimate of drug-likeness (QED) is 0.675. The average Bonchev–Trinajstić information content (AvgIpc) is 3.14. The smallest absolute Gasteiger partial charge is 0.334 e. The Labute approximate surface area is 188 Å². The van der Waals surface area contributed by atoms with Crippen molar-refractivity contribution in [1.82, 2.24) is 14.5 Å². The van der Waals surface area contributed by atoms with Crippen LogP contribution in [-0.2, 0) is 19.6 Å². The van der Waals surface area contributed by atoms with E-state index in [1.165, 1.54) is 25.8 Å². The lowest BCUT2D eigenvalue weighted by atomic mass is 10.1. The summed E-state index contributed by atoms with van der Waals surface area (Å²) >= 11 is 0. The Balaban J connectivity index is 0.000000439. The number of carbonyl (C=O) groups is 1. The van der Waals surface area contributed by atoms with Crippen molar-refractivity contribution in [3.05, 3.63) is 77.2 Å². The van der Waals surface area contributed by atoms with Gasteiger partial charge in [-0.25, -0.2) is 13.2 Å². The van der Waals surface area contributed by atoms with Crippen LogP contribution in [0.15, 0.2) is 64.2 Å². The summed E-state index contributed by atoms with van der Waals surface area (Å²) in [6.45, 7) is 3.79. The molecule has 1 aliphatic rings. The number of esters is 1. The van der Waals surface area contributed by atoms with E-state index < -0.39 is 22.0 Å². The van der Waals surface area contributed by atoms with Crippen LogP contribution in [0.2, 0.25) is 0 Å². The van der Waals surface area contributed by atoms with Crippen LogP contribution in [0.25, 0.3) is 5.57 Å². The summed E-state index contributed by atoms with van der Waals surface area (Å²) in [5.74, 6) is -0.106. The monoisotopic (exact) mass is 460 g/mol. The van der Waals surface area contributed by atoms with Crippen molar-refractivity contribution in [2.45, 2.75) is 26.3 Å². The van der Waals surface area contributed by atoms with Crippen molar-refractivity contribution < 1.29 is 22.4 Å². The zero-order valence-electron chi connectivity index (χ0n) is 18.8. The molecule has 32 heavy (non-hydrogen) atoms. The summed E-state index contributed by atoms with van der Waals surface area (Å²) in [5.41, 5.74) is 8.09. The number of carbonyl (C=O) groups excluding carboxylic acids is 1. The summed E-state index contributed by atoms with van der Waals surface area (Å²) in [7, 11) is -0.889. The van der Waals surface area contributed by atoms with Crippen LogP contribution in [0, 0.1) is 6.92 Å². The van der Waals surface area contributed by atoms with Crippen LogP contribution in [0.3, 0.4) is 0 Å². The van der Waals surface area contributed by atoms with Gasteiger partial charge < -0.3 is 14.9 Å². The fourth-order valence-corrected chi connectivity index (χ4v) is 3.07. The first-order valence-electron chi connectivity index (χ1n) is 9.78. The molecule has 2 aromatic rings. The minimum atomic E-state index is -3.53. The summed E-state index contributed by atoms with van der Waals surface area (Å²) < 4.78 is 35.1. The minimum absolute atomic E-state index is 0.186. The fourth-order valence-electron chi connectivity index (χ4n) is 2.58. The third-order valence-corrected chi connectivity index (χ3v) is 5.70. The lowest BCUT2D eigenvalue weighted by Crippen LogP contribution is -2.24. The predicted molar refractivity (Wildman–Crippen MR) is 121 cm³/mol. The molecule has 1 heterocycles. The highest BCUT2D eigenvalue weighted by Crippen LogP contribution is 2.26. The minimum Gasteiger partial charge on any atom is -0.466 e. The number of ether oxygens (including phenoxy) is 1. The van der Waals surface area contributed by atoms with Crippen molar-refractivity contribution in [2.24, 2.45) is 5.73 Å². The number of aromatic nitrogens is 2. The van der Waals surface area contributed by atoms with Crippen LogP contribution in [0.1, 0.15) is 36.7 Å². The van der Waals surface area contributed by atoms with Crippen LogP contribution >= 0.6 is 0 Å². The van der Waals surface area contributed by atoms with Crippen LogP contribution < -0.4 is 5.73 Å². The average molecular weight is 461 g/mol. The van der Waals surface area contributed by atoms with Gasteiger partial charge in [-0.2, -0.15) is 0 Å². The Bertz CT molecular complexity index is 1130. The summed E-state index contributed by atoms with van der Waals surface area (Å²) in [6.07, 6.45) is 5.98. The van der Waals surface area contributed by atoms with E-state index in [0.29, 0.717) is 11.1 Å². The molecule has 2 N–H and O–H groups in total. The van der Waals surface area contributed by atoms with Gasteiger partial charge in [0.25, 0.3) is 0 Å². The molecular formula is C22H28N4O5S. The van der Waals surface area contributed by atoms with Crippen LogP contribution in [-0.4, -0.2) is 49.3 Å². The topological polar surface area (TPSA) is 129 Å². The van der Waals surface area contributed by atoms with E-state index >= 15 is 0 Å². The Morgan fingerprint density at radius 1 is 1.22 bits per heavy atom. The lowest BCUT2D eigenvalue weighted by molar-refractivity contribution is -0.136. The normalized spacial score (nSPS) is 14.6. The Morgan fingerprint density at radius 3 is 2.34 bits per heavy atom. The number of sulfonamides is 1. The number of aryl methyl sites for hydroxylation is 1. The molecule has 0 spiro atoms. The first kappa shape index (κ1) is 25.0. The molecule has 1 aliphatic carbocycles. The van der Waals surface area contributed by atoms with Gasteiger partial charge >= 0.3 is 5.97 Å². The summed E-state index contributed by atoms with van der Waals surface area (Å²) in [4.78, 5) is 11.9. The molecule has 0 amide bonds. The Kier molecular flexibility index (Phi) is 8.50. The zero-order chi connectivity index (χ0) is 23.9. The highest BCUT2D eigenvalue weighted by Gasteiger charge is 2.22. The molecule has 3 rings (SSSR count). The van der Waals surface area contributed by atoms with Gasteiger partial charge in [0.15, 0.2) is 0 Å². The second-order valence-corrected chi connectivity index (χ2v) is 9.23. The Hall–Kier alpha value is -3.24. The van der Waals surface area contributed by atoms with E-state index in [4.69, 9.17) is 14.9 Å². The molecule has 0 aliphatic heterocycles. The van der Waals surface area contributed by atoms with Crippen molar-refractivity contribution in [2.75, 3.05) is 20.4 Å². The molecule has 1 aromatic carbocycles. The molecular weight excluding hydrogens is 432 g/mol. The molecule has 0 saturated carbocycles. The molecule has 172 valence electrons. The van der Waals surface area contributed by atoms with Crippen molar-refractivity contribution in [1.29, 1.82) is 0 Å². The van der Waals surface area contributed by atoms with Gasteiger partial charge in [-0.1, -0.05) is 42.0 Å². The number of allylic oxidation sites excluding steroid dienone is 4. The number of nitrogens with two attached hydrogens (primary N) is 1. The van der Waals surface area contributed by atoms with Gasteiger partial charge in [0.05, 0.1) is 25.1 Å². The third-order valence-electron chi connectivity index (χ3n) is 4.49. The highest BCUT2D eigenvalue weighted by molar-refractivity contribution is 7.88. The van der Waals surface area contributed by atoms with E-state index in [-0.39, 0.29) is 23.9 Å². The van der Waals surface area contributed by atoms with Gasteiger partial charge in [-0.3, -0.25) is 4.31 Å². The molecule has 1 aromatic heterocycles. The van der Waals surface area contributed by atoms with Gasteiger partial charge in [0.2, 0.25) is 21.8 Å². The number of likely N-dealkylation sites (N-methyl/N-ethyl adjacent to an activating group) is 1. The molecule has 1 unspecified atom stereocenters. The van der Waals surface area contributed by atoms with E-state index in [2.05, 4.69) is 29.3 Å². The van der Waals surface area contributed by atoms with Crippen molar-refractivity contribution in [3.63, 3.8) is 0 Å². The standard InChI is InChI=1S/C15H20N4O5S.C7H8/c1-9(16)13-17-18-14(24-13)10-5-6-11(15(20)23-3)8-12(7-10)19(2)25(4,21)22;1-7-5-3-2-4-6-7/h5,7-9H,6,16H2,1-4H3;2-6H,1H3. The number of nitrogens with zero attached hydrogens (tertiary/aromatic N) is 3. The van der Waals surface area contributed by atoms with Gasteiger partial charge in [-0.15, -0.1) is 10.2 Å². The van der Waals surface area contributed by atoms with Gasteiger partial charge in [0, 0.05) is 18.2 Å². The Morgan fingerprint density at radius 2 is 1.88 bits per heavy atom. The van der Waals surface area contributed by atoms with E-state index in [9.17, 15) is 13.2 Å². The first-order valence-corrected chi connectivity index (χ1v) is 11.6. The fraction of sp³-hybridized carbons (Fsp3) is 0.318. The number of hydrogen-bond acceptors (Lipinski definition) is 8. The molecule has 9 nitrogen and oxygen atoms in total. The predicted octanol–water partition coefficient (Wildman–Crippen LogP) is 2.75. The van der Waals surface area contributed by atoms with Crippen molar-refractivity contribution >= 4 is 21.6 Å². The lowest BCUT2D eigenvalue weighted by Gasteiger charge is -2.18. The third kappa shape index (κ3) is 6.89. The zero-order valence-corrected chi connectivity index (χ0v) is 19.6. The first-order chi connectivity index (χ1) is 15.0. The maximum atomic E-state index is 11.9. The van der Waals surface area contributed by atoms with Crippen molar-refractivity contribution in [3.8, 4) is 0 Å². The SMILES string of the molecule is COC(=O)C1=CC(N(C)S(C)(=O)=O)=CC(c2nnc(C(C)N)o2)=CC1.Cc1ccccc1. The van der Waals surface area contributed by atoms with Crippen LogP contribution in [0.5, 0.6) is 0 Å². The molecule has 0 saturated heterocycles. The summed E-state index contributed by atoms with van der Waals surface area (Å²) in [6, 6.07) is 9.83. The molecule has 0 radical (unpaired) electrons. The molecule has 0 bridgehead atoms. The van der Waals surface area contributed by atoms with E-state index in [1.54, 1.807) is 19.1 Å². The van der Waals surface area contributed by atoms with E-state index in [1.807, 2.05) is 18.2 Å². The highest BCUT2D eigenvalue weighted by atomic mass is 32.2. The maximum absolute atomic E-state index is 11.9. The number of hydrogen-bond donors (Lipinski definition) is 1. The summed E-state index contributed by atoms with van der Waals surface area (Å²) in [5, 5.41) is 7.79. The van der Waals surface area contributed by atoms with Gasteiger partial charge in [0.1, 0.15) is 0 Å². The number of rotatable bonds is 5. The second kappa shape index (κ2) is 10.9. The second-order valence-electron chi connectivity index (χ2n) is 7.21. The van der Waals surface area contributed by atoms with E-state index in [0.717, 1.165) is 10.6 Å². The molecule has 0 fully saturated rings. The molecule has 10 heteroatoms. The maximum Gasteiger partial charge on any atom is 0.334 e. The number of methoxy groups -OCH3 is 1.